The number of pyridine rings is 1. The molecule has 0 spiro atoms. The molecular formula is C17H20N2O3S. The maximum atomic E-state index is 12.7. The van der Waals surface area contributed by atoms with Crippen LogP contribution in [0.4, 0.5) is 0 Å². The van der Waals surface area contributed by atoms with E-state index in [1.54, 1.807) is 37.6 Å². The maximum Gasteiger partial charge on any atom is 0.242 e. The zero-order valence-corrected chi connectivity index (χ0v) is 13.9. The summed E-state index contributed by atoms with van der Waals surface area (Å²) < 4.78 is 32.4. The third-order valence-electron chi connectivity index (χ3n) is 4.05. The Bertz CT molecular complexity index is 776. The van der Waals surface area contributed by atoms with Crippen molar-refractivity contribution in [2.24, 2.45) is 0 Å². The molecule has 2 heterocycles. The summed E-state index contributed by atoms with van der Waals surface area (Å²) in [5.41, 5.74) is 2.04. The smallest absolute Gasteiger partial charge is 0.242 e. The third-order valence-corrected chi connectivity index (χ3v) is 5.91. The zero-order chi connectivity index (χ0) is 16.3. The Morgan fingerprint density at radius 2 is 2.00 bits per heavy atom. The van der Waals surface area contributed by atoms with Crippen molar-refractivity contribution in [3.63, 3.8) is 0 Å². The molecule has 6 heteroatoms. The molecule has 0 N–H and O–H groups in total. The van der Waals surface area contributed by atoms with Crippen molar-refractivity contribution in [3.8, 4) is 5.75 Å². The van der Waals surface area contributed by atoms with E-state index < -0.39 is 10.0 Å². The van der Waals surface area contributed by atoms with Gasteiger partial charge in [-0.1, -0.05) is 0 Å². The van der Waals surface area contributed by atoms with Crippen LogP contribution >= 0.6 is 0 Å². The minimum absolute atomic E-state index is 0.332. The number of hydrogen-bond donors (Lipinski definition) is 0. The van der Waals surface area contributed by atoms with Gasteiger partial charge in [-0.05, 0) is 60.7 Å². The van der Waals surface area contributed by atoms with Crippen LogP contribution in [0.5, 0.6) is 5.75 Å². The quantitative estimate of drug-likeness (QED) is 0.843. The minimum Gasteiger partial charge on any atom is -0.493 e. The Hall–Kier alpha value is -1.92. The molecule has 1 aliphatic rings. The van der Waals surface area contributed by atoms with Gasteiger partial charge >= 0.3 is 0 Å². The molecule has 0 bridgehead atoms. The lowest BCUT2D eigenvalue weighted by molar-refractivity contribution is 0.288. The molecule has 0 atom stereocenters. The van der Waals surface area contributed by atoms with Crippen molar-refractivity contribution in [1.82, 2.24) is 9.29 Å². The number of aromatic nitrogens is 1. The second-order valence-electron chi connectivity index (χ2n) is 5.65. The van der Waals surface area contributed by atoms with Crippen LogP contribution in [-0.2, 0) is 22.9 Å². The number of aryl methyl sites for hydroxylation is 1. The Morgan fingerprint density at radius 1 is 1.22 bits per heavy atom. The van der Waals surface area contributed by atoms with Crippen LogP contribution < -0.4 is 4.74 Å². The number of ether oxygens (including phenoxy) is 1. The first-order chi connectivity index (χ1) is 11.1. The fraction of sp³-hybridized carbons (Fsp3) is 0.353. The molecule has 0 unspecified atom stereocenters. The van der Waals surface area contributed by atoms with Gasteiger partial charge in [-0.25, -0.2) is 12.7 Å². The average molecular weight is 332 g/mol. The van der Waals surface area contributed by atoms with E-state index in [1.165, 1.54) is 4.31 Å². The van der Waals surface area contributed by atoms with Crippen LogP contribution in [0.2, 0.25) is 0 Å². The van der Waals surface area contributed by atoms with Gasteiger partial charge in [-0.15, -0.1) is 0 Å². The fourth-order valence-electron chi connectivity index (χ4n) is 2.63. The average Bonchev–Trinajstić information content (AvgIpc) is 2.60. The Balaban J connectivity index is 1.75. The van der Waals surface area contributed by atoms with E-state index in [-0.39, 0.29) is 0 Å². The third kappa shape index (κ3) is 3.54. The van der Waals surface area contributed by atoms with Crippen LogP contribution in [0.3, 0.4) is 0 Å². The highest BCUT2D eigenvalue weighted by atomic mass is 32.2. The summed E-state index contributed by atoms with van der Waals surface area (Å²) in [6.45, 7) is 1.13. The molecule has 0 radical (unpaired) electrons. The second kappa shape index (κ2) is 6.68. The molecule has 1 aromatic carbocycles. The summed E-state index contributed by atoms with van der Waals surface area (Å²) in [4.78, 5) is 4.30. The summed E-state index contributed by atoms with van der Waals surface area (Å²) in [6.07, 6.45) is 5.88. The lowest BCUT2D eigenvalue weighted by Crippen LogP contribution is -2.29. The van der Waals surface area contributed by atoms with Gasteiger partial charge in [-0.2, -0.15) is 0 Å². The highest BCUT2D eigenvalue weighted by molar-refractivity contribution is 7.89. The number of nitrogens with zero attached hydrogens (tertiary/aromatic N) is 2. The molecule has 0 saturated heterocycles. The van der Waals surface area contributed by atoms with E-state index in [4.69, 9.17) is 4.74 Å². The highest BCUT2D eigenvalue weighted by Crippen LogP contribution is 2.28. The molecule has 3 rings (SSSR count). The second-order valence-corrected chi connectivity index (χ2v) is 7.70. The van der Waals surface area contributed by atoms with Gasteiger partial charge in [0, 0.05) is 26.0 Å². The molecule has 1 aromatic heterocycles. The summed E-state index contributed by atoms with van der Waals surface area (Å²) >= 11 is 0. The molecule has 5 nitrogen and oxygen atoms in total. The molecule has 0 aliphatic carbocycles. The van der Waals surface area contributed by atoms with E-state index in [0.717, 1.165) is 29.7 Å². The molecule has 1 aliphatic heterocycles. The normalized spacial score (nSPS) is 14.3. The Kier molecular flexibility index (Phi) is 4.63. The van der Waals surface area contributed by atoms with Gasteiger partial charge in [-0.3, -0.25) is 4.98 Å². The monoisotopic (exact) mass is 332 g/mol. The number of likely N-dealkylation sites (N-methyl/N-ethyl adjacent to an activating group) is 1. The topological polar surface area (TPSA) is 59.5 Å². The van der Waals surface area contributed by atoms with Crippen LogP contribution in [0.15, 0.2) is 47.6 Å². The first-order valence-corrected chi connectivity index (χ1v) is 9.12. The minimum atomic E-state index is -3.48. The Morgan fingerprint density at radius 3 is 2.78 bits per heavy atom. The van der Waals surface area contributed by atoms with Gasteiger partial charge < -0.3 is 4.74 Å². The zero-order valence-electron chi connectivity index (χ0n) is 13.1. The first-order valence-electron chi connectivity index (χ1n) is 7.68. The van der Waals surface area contributed by atoms with E-state index in [1.807, 2.05) is 12.1 Å². The van der Waals surface area contributed by atoms with E-state index in [2.05, 4.69) is 4.98 Å². The molecule has 2 aromatic rings. The summed E-state index contributed by atoms with van der Waals surface area (Å²) in [6, 6.07) is 8.93. The molecular weight excluding hydrogens is 312 g/mol. The van der Waals surface area contributed by atoms with Gasteiger partial charge in [0.1, 0.15) is 5.75 Å². The largest absolute Gasteiger partial charge is 0.493 e. The lowest BCUT2D eigenvalue weighted by Gasteiger charge is -2.20. The van der Waals surface area contributed by atoms with Crippen molar-refractivity contribution in [1.29, 1.82) is 0 Å². The number of sulfonamides is 1. The standard InChI is InChI=1S/C17H20N2O3S/c1-19(11-8-14-6-9-18-10-7-14)23(20,21)16-4-5-17-15(13-16)3-2-12-22-17/h4-7,9-10,13H,2-3,8,11-12H2,1H3. The van der Waals surface area contributed by atoms with Crippen molar-refractivity contribution in [2.75, 3.05) is 20.2 Å². The molecule has 0 amide bonds. The summed E-state index contributed by atoms with van der Waals surface area (Å²) in [5.74, 6) is 0.801. The van der Waals surface area contributed by atoms with E-state index >= 15 is 0 Å². The van der Waals surface area contributed by atoms with Crippen LogP contribution in [0, 0.1) is 0 Å². The molecule has 23 heavy (non-hydrogen) atoms. The number of benzene rings is 1. The fourth-order valence-corrected chi connectivity index (χ4v) is 3.86. The van der Waals surface area contributed by atoms with Crippen molar-refractivity contribution in [3.05, 3.63) is 53.9 Å². The molecule has 0 fully saturated rings. The van der Waals surface area contributed by atoms with E-state index in [9.17, 15) is 8.42 Å². The first kappa shape index (κ1) is 16.0. The van der Waals surface area contributed by atoms with Gasteiger partial charge in [0.2, 0.25) is 10.0 Å². The Labute approximate surface area is 137 Å². The predicted octanol–water partition coefficient (Wildman–Crippen LogP) is 2.27. The number of hydrogen-bond acceptors (Lipinski definition) is 4. The molecule has 122 valence electrons. The number of rotatable bonds is 5. The number of fused-ring (bicyclic) bond motifs is 1. The van der Waals surface area contributed by atoms with Gasteiger partial charge in [0.05, 0.1) is 11.5 Å². The summed E-state index contributed by atoms with van der Waals surface area (Å²) in [5, 5.41) is 0. The lowest BCUT2D eigenvalue weighted by atomic mass is 10.1. The van der Waals surface area contributed by atoms with Crippen molar-refractivity contribution >= 4 is 10.0 Å². The van der Waals surface area contributed by atoms with Crippen LogP contribution in [0.25, 0.3) is 0 Å². The van der Waals surface area contributed by atoms with Crippen LogP contribution in [0.1, 0.15) is 17.5 Å². The van der Waals surface area contributed by atoms with E-state index in [0.29, 0.717) is 24.5 Å². The molecule has 0 saturated carbocycles. The summed E-state index contributed by atoms with van der Waals surface area (Å²) in [7, 11) is -1.86. The van der Waals surface area contributed by atoms with Gasteiger partial charge in [0.25, 0.3) is 0 Å². The maximum absolute atomic E-state index is 12.7. The van der Waals surface area contributed by atoms with Crippen molar-refractivity contribution < 1.29 is 13.2 Å². The van der Waals surface area contributed by atoms with Crippen molar-refractivity contribution in [2.45, 2.75) is 24.2 Å². The SMILES string of the molecule is CN(CCc1ccncc1)S(=O)(=O)c1ccc2c(c1)CCCO2. The highest BCUT2D eigenvalue weighted by Gasteiger charge is 2.22. The van der Waals surface area contributed by atoms with Gasteiger partial charge in [0.15, 0.2) is 0 Å². The van der Waals surface area contributed by atoms with Crippen LogP contribution in [-0.4, -0.2) is 37.9 Å². The predicted molar refractivity (Wildman–Crippen MR) is 88.0 cm³/mol.